The van der Waals surface area contributed by atoms with Crippen molar-refractivity contribution >= 4 is 5.91 Å². The second-order valence-electron chi connectivity index (χ2n) is 5.32. The number of likely N-dealkylation sites (tertiary alicyclic amines) is 1. The average molecular weight is 277 g/mol. The van der Waals surface area contributed by atoms with Crippen LogP contribution >= 0.6 is 0 Å². The van der Waals surface area contributed by atoms with Gasteiger partial charge in [0.05, 0.1) is 19.3 Å². The third-order valence-electron chi connectivity index (χ3n) is 3.83. The van der Waals surface area contributed by atoms with Gasteiger partial charge in [0, 0.05) is 19.2 Å². The number of hydrogen-bond donors (Lipinski definition) is 1. The predicted octanol–water partition coefficient (Wildman–Crippen LogP) is 2.21. The van der Waals surface area contributed by atoms with Crippen LogP contribution < -0.4 is 0 Å². The number of carbonyl (C=O) groups excluding carboxylic acids is 1. The summed E-state index contributed by atoms with van der Waals surface area (Å²) in [5.74, 6) is 0.0175. The molecule has 0 saturated carbocycles. The first kappa shape index (κ1) is 15.0. The zero-order chi connectivity index (χ0) is 14.4. The normalized spacial score (nSPS) is 19.7. The number of carbonyl (C=O) groups is 1. The third-order valence-corrected chi connectivity index (χ3v) is 3.83. The molecule has 0 aliphatic carbocycles. The number of benzene rings is 1. The van der Waals surface area contributed by atoms with E-state index in [1.807, 2.05) is 29.2 Å². The lowest BCUT2D eigenvalue weighted by atomic mass is 10.1. The molecular weight excluding hydrogens is 254 g/mol. The third kappa shape index (κ3) is 3.58. The first-order chi connectivity index (χ1) is 9.76. The molecule has 1 aliphatic rings. The van der Waals surface area contributed by atoms with E-state index in [1.165, 1.54) is 0 Å². The van der Waals surface area contributed by atoms with Crippen LogP contribution in [0.25, 0.3) is 0 Å². The molecule has 4 heteroatoms. The first-order valence-electron chi connectivity index (χ1n) is 7.26. The standard InChI is InChI=1S/C16H23NO3/c1-20-12-13-6-5-7-14(10-13)16(19)17-9-4-2-3-8-15(17)11-18/h5-7,10,15,18H,2-4,8-9,11-12H2,1H3. The molecule has 20 heavy (non-hydrogen) atoms. The van der Waals surface area contributed by atoms with Crippen LogP contribution in [0.5, 0.6) is 0 Å². The van der Waals surface area contributed by atoms with Crippen molar-refractivity contribution in [3.8, 4) is 0 Å². The molecule has 1 saturated heterocycles. The second kappa shape index (κ2) is 7.41. The summed E-state index contributed by atoms with van der Waals surface area (Å²) >= 11 is 0. The number of nitrogens with zero attached hydrogens (tertiary/aromatic N) is 1. The van der Waals surface area contributed by atoms with Crippen LogP contribution in [-0.4, -0.2) is 42.2 Å². The van der Waals surface area contributed by atoms with Crippen LogP contribution in [0.2, 0.25) is 0 Å². The van der Waals surface area contributed by atoms with Crippen molar-refractivity contribution in [3.63, 3.8) is 0 Å². The molecule has 0 aromatic heterocycles. The maximum absolute atomic E-state index is 12.7. The van der Waals surface area contributed by atoms with E-state index < -0.39 is 0 Å². The maximum Gasteiger partial charge on any atom is 0.254 e. The lowest BCUT2D eigenvalue weighted by Crippen LogP contribution is -2.42. The molecule has 1 aromatic carbocycles. The van der Waals surface area contributed by atoms with Gasteiger partial charge in [-0.3, -0.25) is 4.79 Å². The SMILES string of the molecule is COCc1cccc(C(=O)N2CCCCCC2CO)c1. The maximum atomic E-state index is 12.7. The van der Waals surface area contributed by atoms with E-state index in [4.69, 9.17) is 4.74 Å². The van der Waals surface area contributed by atoms with Gasteiger partial charge in [0.2, 0.25) is 0 Å². The summed E-state index contributed by atoms with van der Waals surface area (Å²) in [4.78, 5) is 14.5. The monoisotopic (exact) mass is 277 g/mol. The molecule has 0 bridgehead atoms. The molecule has 0 radical (unpaired) electrons. The van der Waals surface area contributed by atoms with E-state index in [0.29, 0.717) is 12.2 Å². The number of methoxy groups -OCH3 is 1. The number of amides is 1. The molecular formula is C16H23NO3. The highest BCUT2D eigenvalue weighted by atomic mass is 16.5. The van der Waals surface area contributed by atoms with Crippen LogP contribution in [0.3, 0.4) is 0 Å². The Morgan fingerprint density at radius 1 is 1.40 bits per heavy atom. The Balaban J connectivity index is 2.17. The lowest BCUT2D eigenvalue weighted by Gasteiger charge is -2.28. The highest BCUT2D eigenvalue weighted by molar-refractivity contribution is 5.94. The smallest absolute Gasteiger partial charge is 0.254 e. The van der Waals surface area contributed by atoms with Gasteiger partial charge in [-0.25, -0.2) is 0 Å². The molecule has 1 unspecified atom stereocenters. The van der Waals surface area contributed by atoms with Crippen LogP contribution in [0, 0.1) is 0 Å². The summed E-state index contributed by atoms with van der Waals surface area (Å²) in [6.07, 6.45) is 4.11. The van der Waals surface area contributed by atoms with Crippen molar-refractivity contribution < 1.29 is 14.6 Å². The number of ether oxygens (including phenoxy) is 1. The highest BCUT2D eigenvalue weighted by Crippen LogP contribution is 2.19. The van der Waals surface area contributed by atoms with Crippen LogP contribution in [0.1, 0.15) is 41.6 Å². The summed E-state index contributed by atoms with van der Waals surface area (Å²) in [6, 6.07) is 7.50. The van der Waals surface area contributed by atoms with E-state index in [-0.39, 0.29) is 18.6 Å². The topological polar surface area (TPSA) is 49.8 Å². The summed E-state index contributed by atoms with van der Waals surface area (Å²) in [7, 11) is 1.64. The molecule has 2 rings (SSSR count). The molecule has 1 amide bonds. The fourth-order valence-electron chi connectivity index (χ4n) is 2.76. The molecule has 1 atom stereocenters. The predicted molar refractivity (Wildman–Crippen MR) is 77.5 cm³/mol. The number of rotatable bonds is 4. The molecule has 110 valence electrons. The van der Waals surface area contributed by atoms with E-state index in [0.717, 1.165) is 37.8 Å². The van der Waals surface area contributed by atoms with Crippen LogP contribution in [0.15, 0.2) is 24.3 Å². The first-order valence-corrected chi connectivity index (χ1v) is 7.26. The van der Waals surface area contributed by atoms with Gasteiger partial charge < -0.3 is 14.7 Å². The quantitative estimate of drug-likeness (QED) is 0.918. The van der Waals surface area contributed by atoms with Crippen LogP contribution in [-0.2, 0) is 11.3 Å². The Labute approximate surface area is 120 Å². The van der Waals surface area contributed by atoms with Gasteiger partial charge in [0.1, 0.15) is 0 Å². The van der Waals surface area contributed by atoms with Crippen molar-refractivity contribution in [2.75, 3.05) is 20.3 Å². The van der Waals surface area contributed by atoms with Gasteiger partial charge >= 0.3 is 0 Å². The zero-order valence-corrected chi connectivity index (χ0v) is 12.0. The van der Waals surface area contributed by atoms with Crippen molar-refractivity contribution in [2.24, 2.45) is 0 Å². The number of hydrogen-bond acceptors (Lipinski definition) is 3. The summed E-state index contributed by atoms with van der Waals surface area (Å²) in [6.45, 7) is 1.28. The molecule has 1 heterocycles. The fourth-order valence-corrected chi connectivity index (χ4v) is 2.76. The minimum absolute atomic E-state index is 0.0175. The largest absolute Gasteiger partial charge is 0.394 e. The van der Waals surface area contributed by atoms with Gasteiger partial charge in [-0.15, -0.1) is 0 Å². The van der Waals surface area contributed by atoms with E-state index in [2.05, 4.69) is 0 Å². The Kier molecular flexibility index (Phi) is 5.56. The molecule has 1 N–H and O–H groups in total. The summed E-state index contributed by atoms with van der Waals surface area (Å²) in [5.41, 5.74) is 1.67. The highest BCUT2D eigenvalue weighted by Gasteiger charge is 2.25. The lowest BCUT2D eigenvalue weighted by molar-refractivity contribution is 0.0599. The van der Waals surface area contributed by atoms with E-state index >= 15 is 0 Å². The van der Waals surface area contributed by atoms with Crippen molar-refractivity contribution in [1.82, 2.24) is 4.90 Å². The van der Waals surface area contributed by atoms with Crippen LogP contribution in [0.4, 0.5) is 0 Å². The Morgan fingerprint density at radius 3 is 3.00 bits per heavy atom. The van der Waals surface area contributed by atoms with E-state index in [1.54, 1.807) is 7.11 Å². The molecule has 1 fully saturated rings. The Morgan fingerprint density at radius 2 is 2.25 bits per heavy atom. The van der Waals surface area contributed by atoms with Gasteiger partial charge in [0.25, 0.3) is 5.91 Å². The number of aliphatic hydroxyl groups excluding tert-OH is 1. The van der Waals surface area contributed by atoms with Crippen molar-refractivity contribution in [2.45, 2.75) is 38.3 Å². The Hall–Kier alpha value is -1.39. The van der Waals surface area contributed by atoms with Gasteiger partial charge in [-0.1, -0.05) is 25.0 Å². The van der Waals surface area contributed by atoms with Gasteiger partial charge in [0.15, 0.2) is 0 Å². The molecule has 1 aliphatic heterocycles. The molecule has 4 nitrogen and oxygen atoms in total. The minimum Gasteiger partial charge on any atom is -0.394 e. The average Bonchev–Trinajstić information content (AvgIpc) is 2.72. The van der Waals surface area contributed by atoms with Crippen molar-refractivity contribution in [3.05, 3.63) is 35.4 Å². The summed E-state index contributed by atoms with van der Waals surface area (Å²) < 4.78 is 5.11. The summed E-state index contributed by atoms with van der Waals surface area (Å²) in [5, 5.41) is 9.51. The Bertz CT molecular complexity index is 447. The number of aliphatic hydroxyl groups is 1. The minimum atomic E-state index is -0.0453. The zero-order valence-electron chi connectivity index (χ0n) is 12.0. The van der Waals surface area contributed by atoms with Gasteiger partial charge in [-0.2, -0.15) is 0 Å². The fraction of sp³-hybridized carbons (Fsp3) is 0.562. The van der Waals surface area contributed by atoms with Crippen molar-refractivity contribution in [1.29, 1.82) is 0 Å². The molecule has 1 aromatic rings. The molecule has 0 spiro atoms. The van der Waals surface area contributed by atoms with Gasteiger partial charge in [-0.05, 0) is 30.5 Å². The second-order valence-corrected chi connectivity index (χ2v) is 5.32. The van der Waals surface area contributed by atoms with E-state index in [9.17, 15) is 9.90 Å².